The van der Waals surface area contributed by atoms with Crippen molar-refractivity contribution in [1.29, 1.82) is 0 Å². The van der Waals surface area contributed by atoms with E-state index < -0.39 is 17.2 Å². The number of aliphatic hydroxyl groups is 1. The number of hydrogen-bond donors (Lipinski definition) is 1. The summed E-state index contributed by atoms with van der Waals surface area (Å²) in [5.74, 6) is 0. The summed E-state index contributed by atoms with van der Waals surface area (Å²) in [6, 6.07) is 4.41. The number of halogens is 3. The Balaban J connectivity index is 3.14. The molecule has 1 rings (SSSR count). The summed E-state index contributed by atoms with van der Waals surface area (Å²) in [5, 5.41) is 9.60. The summed E-state index contributed by atoms with van der Waals surface area (Å²) in [6.45, 7) is 1.60. The zero-order chi connectivity index (χ0) is 11.7. The zero-order valence-corrected chi connectivity index (χ0v) is 8.17. The minimum atomic E-state index is -4.42. The lowest BCUT2D eigenvalue weighted by molar-refractivity contribution is -0.137. The van der Waals surface area contributed by atoms with Crippen molar-refractivity contribution < 1.29 is 18.3 Å². The van der Waals surface area contributed by atoms with E-state index in [0.717, 1.165) is 12.1 Å². The van der Waals surface area contributed by atoms with E-state index in [1.165, 1.54) is 12.1 Å². The van der Waals surface area contributed by atoms with Crippen molar-refractivity contribution >= 4 is 7.85 Å². The van der Waals surface area contributed by atoms with Crippen molar-refractivity contribution in [2.24, 2.45) is 0 Å². The summed E-state index contributed by atoms with van der Waals surface area (Å²) < 4.78 is 37.0. The van der Waals surface area contributed by atoms with Gasteiger partial charge >= 0.3 is 6.18 Å². The van der Waals surface area contributed by atoms with Crippen LogP contribution >= 0.6 is 0 Å². The molecule has 1 unspecified atom stereocenters. The Bertz CT molecular complexity index is 347. The van der Waals surface area contributed by atoms with Gasteiger partial charge in [-0.1, -0.05) is 19.1 Å². The van der Waals surface area contributed by atoms with Crippen LogP contribution in [0.5, 0.6) is 0 Å². The molecule has 1 atom stereocenters. The maximum absolute atomic E-state index is 12.3. The van der Waals surface area contributed by atoms with E-state index in [1.807, 2.05) is 0 Å². The minimum absolute atomic E-state index is 0.0693. The first-order valence-corrected chi connectivity index (χ1v) is 4.46. The van der Waals surface area contributed by atoms with Crippen LogP contribution in [0.4, 0.5) is 13.2 Å². The monoisotopic (exact) mass is 214 g/mol. The molecule has 0 saturated carbocycles. The highest BCUT2D eigenvalue weighted by molar-refractivity contribution is 6.14. The van der Waals surface area contributed by atoms with E-state index >= 15 is 0 Å². The summed E-state index contributed by atoms with van der Waals surface area (Å²) in [5.41, 5.74) is -2.45. The van der Waals surface area contributed by atoms with Crippen molar-refractivity contribution in [2.45, 2.75) is 25.0 Å². The molecule has 1 aromatic rings. The van der Waals surface area contributed by atoms with Crippen LogP contribution in [0.25, 0.3) is 0 Å². The second-order valence-corrected chi connectivity index (χ2v) is 3.36. The Kier molecular flexibility index (Phi) is 3.14. The van der Waals surface area contributed by atoms with Crippen molar-refractivity contribution in [2.75, 3.05) is 0 Å². The van der Waals surface area contributed by atoms with Crippen molar-refractivity contribution in [3.8, 4) is 0 Å². The van der Waals surface area contributed by atoms with Gasteiger partial charge in [-0.05, 0) is 24.1 Å². The summed E-state index contributed by atoms with van der Waals surface area (Å²) in [7, 11) is 5.44. The van der Waals surface area contributed by atoms with Gasteiger partial charge in [0.05, 0.1) is 5.56 Å². The number of benzene rings is 1. The maximum Gasteiger partial charge on any atom is 0.416 e. The molecule has 0 aliphatic heterocycles. The molecule has 0 amide bonds. The predicted octanol–water partition coefficient (Wildman–Crippen LogP) is 2.43. The second-order valence-electron chi connectivity index (χ2n) is 3.36. The van der Waals surface area contributed by atoms with Gasteiger partial charge in [-0.25, -0.2) is 0 Å². The zero-order valence-electron chi connectivity index (χ0n) is 8.17. The fraction of sp³-hybridized carbons (Fsp3) is 0.400. The summed E-state index contributed by atoms with van der Waals surface area (Å²) >= 11 is 0. The maximum atomic E-state index is 12.3. The fourth-order valence-electron chi connectivity index (χ4n) is 1.17. The Morgan fingerprint density at radius 3 is 2.27 bits per heavy atom. The van der Waals surface area contributed by atoms with Gasteiger partial charge in [-0.15, -0.1) is 0 Å². The molecule has 1 nitrogen and oxygen atoms in total. The van der Waals surface area contributed by atoms with Gasteiger partial charge in [0.1, 0.15) is 7.85 Å². The summed E-state index contributed by atoms with van der Waals surface area (Å²) in [6.07, 6.45) is -4.27. The van der Waals surface area contributed by atoms with E-state index in [2.05, 4.69) is 0 Å². The normalized spacial score (nSPS) is 16.1. The van der Waals surface area contributed by atoms with E-state index in [4.69, 9.17) is 7.85 Å². The minimum Gasteiger partial charge on any atom is -0.395 e. The number of alkyl halides is 3. The molecule has 0 aromatic heterocycles. The van der Waals surface area contributed by atoms with E-state index in [1.54, 1.807) is 6.92 Å². The highest BCUT2D eigenvalue weighted by Gasteiger charge is 2.32. The Morgan fingerprint density at radius 2 is 1.80 bits per heavy atom. The number of rotatable bonds is 2. The van der Waals surface area contributed by atoms with Gasteiger partial charge in [0, 0.05) is 5.50 Å². The molecule has 0 aliphatic carbocycles. The lowest BCUT2D eigenvalue weighted by Crippen LogP contribution is -2.25. The molecule has 0 aliphatic rings. The highest BCUT2D eigenvalue weighted by atomic mass is 19.4. The van der Waals surface area contributed by atoms with Crippen LogP contribution in [0.3, 0.4) is 0 Å². The second kappa shape index (κ2) is 3.89. The summed E-state index contributed by atoms with van der Waals surface area (Å²) in [4.78, 5) is 0. The quantitative estimate of drug-likeness (QED) is 0.749. The molecular weight excluding hydrogens is 204 g/mol. The van der Waals surface area contributed by atoms with Crippen LogP contribution in [0, 0.1) is 0 Å². The molecule has 5 heteroatoms. The Morgan fingerprint density at radius 1 is 1.27 bits per heavy atom. The standard InChI is InChI=1S/C10H10BF3O/c1-2-9(11,15)7-4-3-5-8(6-7)10(12,13)14/h3-6,15H,2H2,1H3. The molecule has 1 aromatic carbocycles. The average molecular weight is 214 g/mol. The van der Waals surface area contributed by atoms with Crippen molar-refractivity contribution in [3.63, 3.8) is 0 Å². The molecule has 2 radical (unpaired) electrons. The van der Waals surface area contributed by atoms with Crippen LogP contribution in [0.15, 0.2) is 24.3 Å². The van der Waals surface area contributed by atoms with Gasteiger partial charge in [0.15, 0.2) is 0 Å². The first kappa shape index (κ1) is 12.1. The van der Waals surface area contributed by atoms with Gasteiger partial charge in [0.25, 0.3) is 0 Å². The van der Waals surface area contributed by atoms with Gasteiger partial charge in [-0.2, -0.15) is 13.2 Å². The lowest BCUT2D eigenvalue weighted by Gasteiger charge is -2.23. The third-order valence-electron chi connectivity index (χ3n) is 2.23. The van der Waals surface area contributed by atoms with Crippen LogP contribution in [-0.4, -0.2) is 13.0 Å². The molecule has 0 fully saturated rings. The largest absolute Gasteiger partial charge is 0.416 e. The van der Waals surface area contributed by atoms with Gasteiger partial charge < -0.3 is 5.11 Å². The Hall–Kier alpha value is -0.965. The SMILES string of the molecule is [B]C(O)(CC)c1cccc(C(F)(F)F)c1. The molecule has 0 heterocycles. The third kappa shape index (κ3) is 2.75. The first-order chi connectivity index (χ1) is 6.77. The molecule has 0 bridgehead atoms. The van der Waals surface area contributed by atoms with Gasteiger partial charge in [0.2, 0.25) is 0 Å². The Labute approximate surface area is 87.3 Å². The predicted molar refractivity (Wildman–Crippen MR) is 51.4 cm³/mol. The molecular formula is C10H10BF3O. The number of hydrogen-bond acceptors (Lipinski definition) is 1. The van der Waals surface area contributed by atoms with Crippen molar-refractivity contribution in [3.05, 3.63) is 35.4 Å². The van der Waals surface area contributed by atoms with Crippen LogP contribution < -0.4 is 0 Å². The topological polar surface area (TPSA) is 20.2 Å². The van der Waals surface area contributed by atoms with E-state index in [0.29, 0.717) is 0 Å². The fourth-order valence-corrected chi connectivity index (χ4v) is 1.17. The molecule has 0 saturated heterocycles. The smallest absolute Gasteiger partial charge is 0.395 e. The van der Waals surface area contributed by atoms with Crippen LogP contribution in [0.1, 0.15) is 24.5 Å². The van der Waals surface area contributed by atoms with Crippen molar-refractivity contribution in [1.82, 2.24) is 0 Å². The molecule has 1 N–H and O–H groups in total. The molecule has 0 spiro atoms. The average Bonchev–Trinajstić information content (AvgIpc) is 2.17. The molecule has 15 heavy (non-hydrogen) atoms. The van der Waals surface area contributed by atoms with Crippen LogP contribution in [0.2, 0.25) is 0 Å². The molecule has 80 valence electrons. The van der Waals surface area contributed by atoms with E-state index in [9.17, 15) is 18.3 Å². The van der Waals surface area contributed by atoms with E-state index in [-0.39, 0.29) is 12.0 Å². The highest BCUT2D eigenvalue weighted by Crippen LogP contribution is 2.32. The lowest BCUT2D eigenvalue weighted by atomic mass is 9.73. The van der Waals surface area contributed by atoms with Gasteiger partial charge in [-0.3, -0.25) is 0 Å². The third-order valence-corrected chi connectivity index (χ3v) is 2.23. The first-order valence-electron chi connectivity index (χ1n) is 4.46. The van der Waals surface area contributed by atoms with Crippen LogP contribution in [-0.2, 0) is 11.7 Å².